The summed E-state index contributed by atoms with van der Waals surface area (Å²) in [5.74, 6) is 0.398. The van der Waals surface area contributed by atoms with Gasteiger partial charge in [-0.15, -0.1) is 0 Å². The van der Waals surface area contributed by atoms with E-state index < -0.39 is 12.3 Å². The fourth-order valence-corrected chi connectivity index (χ4v) is 1.65. The van der Waals surface area contributed by atoms with E-state index in [0.29, 0.717) is 12.3 Å². The number of halogens is 4. The Labute approximate surface area is 91.1 Å². The number of alkyl halides is 4. The first-order valence-electron chi connectivity index (χ1n) is 4.62. The van der Waals surface area contributed by atoms with Gasteiger partial charge in [0.2, 0.25) is 0 Å². The number of ether oxygens (including phenoxy) is 1. The van der Waals surface area contributed by atoms with Gasteiger partial charge in [-0.25, -0.2) is 0 Å². The first kappa shape index (κ1) is 14.2. The molecule has 0 rings (SSSR count). The van der Waals surface area contributed by atoms with E-state index in [2.05, 4.69) is 20.7 Å². The molecule has 0 aliphatic carbocycles. The van der Waals surface area contributed by atoms with Crippen LogP contribution in [0.25, 0.3) is 0 Å². The Hall–Kier alpha value is 0.230. The Kier molecular flexibility index (Phi) is 6.78. The van der Waals surface area contributed by atoms with Crippen molar-refractivity contribution in [1.29, 1.82) is 0 Å². The van der Waals surface area contributed by atoms with Gasteiger partial charge in [0.1, 0.15) is 0 Å². The highest BCUT2D eigenvalue weighted by Crippen LogP contribution is 2.22. The second-order valence-electron chi connectivity index (χ2n) is 3.43. The maximum absolute atomic E-state index is 12.0. The smallest absolute Gasteiger partial charge is 0.369 e. The van der Waals surface area contributed by atoms with Gasteiger partial charge in [0.15, 0.2) is 6.10 Å². The van der Waals surface area contributed by atoms with Crippen molar-refractivity contribution >= 4 is 15.9 Å². The number of hydrogen-bond acceptors (Lipinski definition) is 1. The largest absolute Gasteiger partial charge is 0.414 e. The van der Waals surface area contributed by atoms with Gasteiger partial charge in [0, 0.05) is 11.9 Å². The molecule has 2 unspecified atom stereocenters. The molecular formula is C9H16BrF3O. The van der Waals surface area contributed by atoms with Crippen LogP contribution in [0, 0.1) is 5.92 Å². The summed E-state index contributed by atoms with van der Waals surface area (Å²) in [6, 6.07) is 0. The van der Waals surface area contributed by atoms with Crippen molar-refractivity contribution in [2.45, 2.75) is 39.0 Å². The molecule has 0 aromatic carbocycles. The highest BCUT2D eigenvalue weighted by Gasteiger charge is 2.36. The highest BCUT2D eigenvalue weighted by atomic mass is 79.9. The van der Waals surface area contributed by atoms with Crippen molar-refractivity contribution in [2.24, 2.45) is 5.92 Å². The molecule has 0 spiro atoms. The molecule has 86 valence electrons. The molecule has 0 fully saturated rings. The third-order valence-electron chi connectivity index (χ3n) is 2.04. The fourth-order valence-electron chi connectivity index (χ4n) is 0.871. The van der Waals surface area contributed by atoms with Crippen LogP contribution in [0.15, 0.2) is 0 Å². The van der Waals surface area contributed by atoms with E-state index in [1.54, 1.807) is 0 Å². The molecule has 0 amide bonds. The van der Waals surface area contributed by atoms with Crippen molar-refractivity contribution < 1.29 is 17.9 Å². The molecule has 0 saturated carbocycles. The third kappa shape index (κ3) is 6.65. The molecule has 0 aliphatic rings. The first-order chi connectivity index (χ1) is 6.38. The van der Waals surface area contributed by atoms with Crippen LogP contribution in [0.4, 0.5) is 13.2 Å². The molecule has 0 N–H and O–H groups in total. The lowest BCUT2D eigenvalue weighted by Crippen LogP contribution is -2.29. The van der Waals surface area contributed by atoms with Crippen LogP contribution in [0.1, 0.15) is 26.7 Å². The molecule has 0 aromatic rings. The van der Waals surface area contributed by atoms with Crippen LogP contribution < -0.4 is 0 Å². The van der Waals surface area contributed by atoms with Crippen LogP contribution in [-0.2, 0) is 4.74 Å². The summed E-state index contributed by atoms with van der Waals surface area (Å²) in [5.41, 5.74) is 0. The molecule has 0 aromatic heterocycles. The second-order valence-corrected chi connectivity index (χ2v) is 4.22. The van der Waals surface area contributed by atoms with Crippen molar-refractivity contribution in [3.63, 3.8) is 0 Å². The van der Waals surface area contributed by atoms with E-state index in [-0.39, 0.29) is 6.61 Å². The zero-order valence-electron chi connectivity index (χ0n) is 8.40. The summed E-state index contributed by atoms with van der Waals surface area (Å²) < 4.78 is 40.7. The Bertz CT molecular complexity index is 149. The minimum Gasteiger partial charge on any atom is -0.369 e. The summed E-state index contributed by atoms with van der Waals surface area (Å²) in [7, 11) is 0. The maximum Gasteiger partial charge on any atom is 0.414 e. The molecule has 0 heterocycles. The van der Waals surface area contributed by atoms with Gasteiger partial charge in [-0.05, 0) is 25.7 Å². The fraction of sp³-hybridized carbons (Fsp3) is 1.00. The van der Waals surface area contributed by atoms with E-state index in [0.717, 1.165) is 18.7 Å². The summed E-state index contributed by atoms with van der Waals surface area (Å²) in [5, 5.41) is 0.878. The third-order valence-corrected chi connectivity index (χ3v) is 2.50. The Balaban J connectivity index is 3.54. The quantitative estimate of drug-likeness (QED) is 0.671. The normalized spacial score (nSPS) is 16.7. The summed E-state index contributed by atoms with van der Waals surface area (Å²) in [4.78, 5) is 0. The molecule has 0 saturated heterocycles. The topological polar surface area (TPSA) is 9.23 Å². The zero-order chi connectivity index (χ0) is 11.2. The standard InChI is InChI=1S/C9H16BrF3O/c1-7(3-5-10)4-6-14-8(2)9(11,12)13/h7-8H,3-6H2,1-2H3. The van der Waals surface area contributed by atoms with Gasteiger partial charge in [0.05, 0.1) is 0 Å². The van der Waals surface area contributed by atoms with Crippen LogP contribution in [0.5, 0.6) is 0 Å². The first-order valence-corrected chi connectivity index (χ1v) is 5.74. The average Bonchev–Trinajstić information content (AvgIpc) is 2.02. The Morgan fingerprint density at radius 1 is 1.21 bits per heavy atom. The lowest BCUT2D eigenvalue weighted by atomic mass is 10.1. The molecule has 2 atom stereocenters. The minimum absolute atomic E-state index is 0.175. The van der Waals surface area contributed by atoms with E-state index in [1.807, 2.05) is 6.92 Å². The van der Waals surface area contributed by atoms with Gasteiger partial charge >= 0.3 is 6.18 Å². The van der Waals surface area contributed by atoms with E-state index in [1.165, 1.54) is 0 Å². The van der Waals surface area contributed by atoms with Crippen molar-refractivity contribution in [3.05, 3.63) is 0 Å². The van der Waals surface area contributed by atoms with Crippen molar-refractivity contribution in [1.82, 2.24) is 0 Å². The average molecular weight is 277 g/mol. The van der Waals surface area contributed by atoms with Crippen LogP contribution in [0.3, 0.4) is 0 Å². The maximum atomic E-state index is 12.0. The Morgan fingerprint density at radius 3 is 2.21 bits per heavy atom. The van der Waals surface area contributed by atoms with E-state index in [9.17, 15) is 13.2 Å². The van der Waals surface area contributed by atoms with E-state index in [4.69, 9.17) is 0 Å². The predicted octanol–water partition coefficient (Wildman–Crippen LogP) is 3.77. The van der Waals surface area contributed by atoms with Crippen LogP contribution in [-0.4, -0.2) is 24.2 Å². The van der Waals surface area contributed by atoms with Gasteiger partial charge in [0.25, 0.3) is 0 Å². The lowest BCUT2D eigenvalue weighted by molar-refractivity contribution is -0.214. The highest BCUT2D eigenvalue weighted by molar-refractivity contribution is 9.09. The zero-order valence-corrected chi connectivity index (χ0v) is 9.99. The molecule has 0 radical (unpaired) electrons. The lowest BCUT2D eigenvalue weighted by Gasteiger charge is -2.17. The van der Waals surface area contributed by atoms with Gasteiger partial charge in [-0.3, -0.25) is 0 Å². The summed E-state index contributed by atoms with van der Waals surface area (Å²) in [6.45, 7) is 3.22. The Morgan fingerprint density at radius 2 is 1.79 bits per heavy atom. The minimum atomic E-state index is -4.24. The van der Waals surface area contributed by atoms with Gasteiger partial charge < -0.3 is 4.74 Å². The second kappa shape index (κ2) is 6.67. The summed E-state index contributed by atoms with van der Waals surface area (Å²) >= 11 is 3.28. The van der Waals surface area contributed by atoms with Crippen molar-refractivity contribution in [2.75, 3.05) is 11.9 Å². The molecule has 14 heavy (non-hydrogen) atoms. The van der Waals surface area contributed by atoms with E-state index >= 15 is 0 Å². The number of rotatable bonds is 6. The van der Waals surface area contributed by atoms with Crippen molar-refractivity contribution in [3.8, 4) is 0 Å². The van der Waals surface area contributed by atoms with Crippen LogP contribution in [0.2, 0.25) is 0 Å². The summed E-state index contributed by atoms with van der Waals surface area (Å²) in [6.07, 6.45) is -4.26. The number of hydrogen-bond donors (Lipinski definition) is 0. The molecular weight excluding hydrogens is 261 g/mol. The van der Waals surface area contributed by atoms with Gasteiger partial charge in [-0.2, -0.15) is 13.2 Å². The molecule has 0 bridgehead atoms. The monoisotopic (exact) mass is 276 g/mol. The van der Waals surface area contributed by atoms with Crippen LogP contribution >= 0.6 is 15.9 Å². The molecule has 1 nitrogen and oxygen atoms in total. The predicted molar refractivity (Wildman–Crippen MR) is 53.7 cm³/mol. The molecule has 0 aliphatic heterocycles. The van der Waals surface area contributed by atoms with Gasteiger partial charge in [-0.1, -0.05) is 22.9 Å². The SMILES string of the molecule is CC(CCBr)CCOC(C)C(F)(F)F. The molecule has 5 heteroatoms.